The standard InChI is InChI=1S/C15H20N2O4.ClH/c1-10(8-12(16)15(19)20)14(18)17-6-7-21-13-5-3-2-4-11(13)9-17;/h2-5,10,12H,6-9,16H2,1H3,(H,19,20);1H/t10?,12-;/m0./s1. The SMILES string of the molecule is CC(C[C@H](N)C(=O)O)C(=O)N1CCOc2ccccc2C1.Cl. The Hall–Kier alpha value is -1.79. The molecule has 0 aliphatic carbocycles. The Kier molecular flexibility index (Phi) is 6.64. The van der Waals surface area contributed by atoms with Gasteiger partial charge in [-0.1, -0.05) is 25.1 Å². The molecule has 6 nitrogen and oxygen atoms in total. The zero-order chi connectivity index (χ0) is 15.4. The number of halogens is 1. The molecular weight excluding hydrogens is 308 g/mol. The van der Waals surface area contributed by atoms with Crippen LogP contribution in [0.2, 0.25) is 0 Å². The van der Waals surface area contributed by atoms with Gasteiger partial charge in [0.2, 0.25) is 5.91 Å². The summed E-state index contributed by atoms with van der Waals surface area (Å²) in [5, 5.41) is 8.83. The van der Waals surface area contributed by atoms with Gasteiger partial charge in [-0.2, -0.15) is 0 Å². The van der Waals surface area contributed by atoms with E-state index < -0.39 is 17.9 Å². The molecule has 1 aliphatic rings. The third-order valence-corrected chi connectivity index (χ3v) is 3.61. The van der Waals surface area contributed by atoms with Crippen molar-refractivity contribution < 1.29 is 19.4 Å². The van der Waals surface area contributed by atoms with E-state index in [1.54, 1.807) is 11.8 Å². The number of nitrogens with zero attached hydrogens (tertiary/aromatic N) is 1. The summed E-state index contributed by atoms with van der Waals surface area (Å²) in [6, 6.07) is 6.59. The van der Waals surface area contributed by atoms with E-state index in [-0.39, 0.29) is 24.7 Å². The van der Waals surface area contributed by atoms with Crippen LogP contribution in [-0.2, 0) is 16.1 Å². The fraction of sp³-hybridized carbons (Fsp3) is 0.467. The summed E-state index contributed by atoms with van der Waals surface area (Å²) in [4.78, 5) is 24.9. The molecule has 122 valence electrons. The van der Waals surface area contributed by atoms with Gasteiger partial charge in [0.1, 0.15) is 18.4 Å². The summed E-state index contributed by atoms with van der Waals surface area (Å²) in [6.45, 7) is 3.10. The number of carboxylic acid groups (broad SMARTS) is 1. The number of amides is 1. The second-order valence-electron chi connectivity index (χ2n) is 5.30. The van der Waals surface area contributed by atoms with Crippen molar-refractivity contribution in [2.75, 3.05) is 13.2 Å². The Morgan fingerprint density at radius 1 is 1.41 bits per heavy atom. The summed E-state index contributed by atoms with van der Waals surface area (Å²) in [5.41, 5.74) is 6.45. The molecule has 1 aromatic carbocycles. The van der Waals surface area contributed by atoms with Crippen LogP contribution < -0.4 is 10.5 Å². The second-order valence-corrected chi connectivity index (χ2v) is 5.30. The molecule has 0 aromatic heterocycles. The lowest BCUT2D eigenvalue weighted by atomic mass is 10.0. The predicted octanol–water partition coefficient (Wildman–Crippen LogP) is 1.27. The van der Waals surface area contributed by atoms with Crippen LogP contribution in [0.5, 0.6) is 5.75 Å². The van der Waals surface area contributed by atoms with Crippen LogP contribution in [0.4, 0.5) is 0 Å². The quantitative estimate of drug-likeness (QED) is 0.868. The van der Waals surface area contributed by atoms with E-state index in [9.17, 15) is 9.59 Å². The second kappa shape index (κ2) is 8.00. The molecule has 22 heavy (non-hydrogen) atoms. The van der Waals surface area contributed by atoms with Gasteiger partial charge >= 0.3 is 5.97 Å². The lowest BCUT2D eigenvalue weighted by Crippen LogP contribution is -2.40. The maximum Gasteiger partial charge on any atom is 0.320 e. The van der Waals surface area contributed by atoms with Crippen molar-refractivity contribution in [1.29, 1.82) is 0 Å². The third kappa shape index (κ3) is 4.35. The maximum atomic E-state index is 12.4. The highest BCUT2D eigenvalue weighted by molar-refractivity contribution is 5.85. The monoisotopic (exact) mass is 328 g/mol. The van der Waals surface area contributed by atoms with Crippen LogP contribution >= 0.6 is 12.4 Å². The van der Waals surface area contributed by atoms with Crippen molar-refractivity contribution in [2.45, 2.75) is 25.9 Å². The highest BCUT2D eigenvalue weighted by Crippen LogP contribution is 2.23. The van der Waals surface area contributed by atoms with Crippen molar-refractivity contribution in [3.8, 4) is 5.75 Å². The number of nitrogens with two attached hydrogens (primary N) is 1. The van der Waals surface area contributed by atoms with E-state index in [2.05, 4.69) is 0 Å². The van der Waals surface area contributed by atoms with E-state index in [0.717, 1.165) is 11.3 Å². The van der Waals surface area contributed by atoms with E-state index in [1.807, 2.05) is 24.3 Å². The first kappa shape index (κ1) is 18.3. The molecule has 2 atom stereocenters. The predicted molar refractivity (Wildman–Crippen MR) is 84.0 cm³/mol. The minimum atomic E-state index is -1.08. The van der Waals surface area contributed by atoms with Crippen LogP contribution in [0.15, 0.2) is 24.3 Å². The van der Waals surface area contributed by atoms with Crippen molar-refractivity contribution in [3.05, 3.63) is 29.8 Å². The van der Waals surface area contributed by atoms with Crippen LogP contribution in [0.3, 0.4) is 0 Å². The first-order valence-electron chi connectivity index (χ1n) is 6.97. The Morgan fingerprint density at radius 2 is 2.09 bits per heavy atom. The molecule has 0 bridgehead atoms. The number of hydrogen-bond donors (Lipinski definition) is 2. The van der Waals surface area contributed by atoms with Crippen LogP contribution in [0.25, 0.3) is 0 Å². The molecule has 0 saturated heterocycles. The zero-order valence-corrected chi connectivity index (χ0v) is 13.2. The van der Waals surface area contributed by atoms with Crippen molar-refractivity contribution in [3.63, 3.8) is 0 Å². The molecule has 1 aromatic rings. The van der Waals surface area contributed by atoms with Gasteiger partial charge in [-0.05, 0) is 12.5 Å². The van der Waals surface area contributed by atoms with Gasteiger partial charge in [0.25, 0.3) is 0 Å². The number of ether oxygens (including phenoxy) is 1. The lowest BCUT2D eigenvalue weighted by Gasteiger charge is -2.24. The van der Waals surface area contributed by atoms with Crippen molar-refractivity contribution >= 4 is 24.3 Å². The maximum absolute atomic E-state index is 12.4. The Bertz CT molecular complexity index is 538. The van der Waals surface area contributed by atoms with E-state index in [4.69, 9.17) is 15.6 Å². The van der Waals surface area contributed by atoms with Gasteiger partial charge in [-0.15, -0.1) is 12.4 Å². The summed E-state index contributed by atoms with van der Waals surface area (Å²) >= 11 is 0. The molecule has 7 heteroatoms. The molecular formula is C15H21ClN2O4. The first-order chi connectivity index (χ1) is 9.99. The topological polar surface area (TPSA) is 92.9 Å². The van der Waals surface area contributed by atoms with E-state index >= 15 is 0 Å². The molecule has 1 aliphatic heterocycles. The molecule has 0 spiro atoms. The average molecular weight is 329 g/mol. The molecule has 1 amide bonds. The third-order valence-electron chi connectivity index (χ3n) is 3.61. The first-order valence-corrected chi connectivity index (χ1v) is 6.97. The number of benzene rings is 1. The highest BCUT2D eigenvalue weighted by atomic mass is 35.5. The summed E-state index contributed by atoms with van der Waals surface area (Å²) in [7, 11) is 0. The largest absolute Gasteiger partial charge is 0.491 e. The van der Waals surface area contributed by atoms with Crippen LogP contribution in [0.1, 0.15) is 18.9 Å². The van der Waals surface area contributed by atoms with Gasteiger partial charge in [-0.3, -0.25) is 9.59 Å². The minimum absolute atomic E-state index is 0. The van der Waals surface area contributed by atoms with Gasteiger partial charge in [0.05, 0.1) is 6.54 Å². The van der Waals surface area contributed by atoms with Crippen molar-refractivity contribution in [2.24, 2.45) is 11.7 Å². The molecule has 1 heterocycles. The average Bonchev–Trinajstić information content (AvgIpc) is 2.68. The summed E-state index contributed by atoms with van der Waals surface area (Å²) < 4.78 is 5.62. The molecule has 0 fully saturated rings. The number of hydrogen-bond acceptors (Lipinski definition) is 4. The molecule has 1 unspecified atom stereocenters. The Morgan fingerprint density at radius 3 is 2.77 bits per heavy atom. The number of carbonyl (C=O) groups is 2. The summed E-state index contributed by atoms with van der Waals surface area (Å²) in [5.74, 6) is -0.810. The Labute approximate surface area is 135 Å². The minimum Gasteiger partial charge on any atom is -0.491 e. The Balaban J connectivity index is 0.00000242. The van der Waals surface area contributed by atoms with Gasteiger partial charge in [0.15, 0.2) is 0 Å². The van der Waals surface area contributed by atoms with Gasteiger partial charge < -0.3 is 20.5 Å². The number of aliphatic carboxylic acids is 1. The van der Waals surface area contributed by atoms with E-state index in [0.29, 0.717) is 19.7 Å². The smallest absolute Gasteiger partial charge is 0.320 e. The van der Waals surface area contributed by atoms with Crippen LogP contribution in [-0.4, -0.2) is 41.1 Å². The zero-order valence-electron chi connectivity index (χ0n) is 12.4. The lowest BCUT2D eigenvalue weighted by molar-refractivity contribution is -0.140. The fourth-order valence-electron chi connectivity index (χ4n) is 2.41. The van der Waals surface area contributed by atoms with Gasteiger partial charge in [0, 0.05) is 18.0 Å². The molecule has 3 N–H and O–H groups in total. The normalized spacial score (nSPS) is 16.4. The van der Waals surface area contributed by atoms with E-state index in [1.165, 1.54) is 0 Å². The number of carbonyl (C=O) groups excluding carboxylic acids is 1. The fourth-order valence-corrected chi connectivity index (χ4v) is 2.41. The summed E-state index contributed by atoms with van der Waals surface area (Å²) in [6.07, 6.45) is 0.132. The number of rotatable bonds is 4. The number of para-hydroxylation sites is 1. The molecule has 0 radical (unpaired) electrons. The van der Waals surface area contributed by atoms with Crippen molar-refractivity contribution in [1.82, 2.24) is 4.90 Å². The number of fused-ring (bicyclic) bond motifs is 1. The highest BCUT2D eigenvalue weighted by Gasteiger charge is 2.26. The van der Waals surface area contributed by atoms with Crippen LogP contribution in [0, 0.1) is 5.92 Å². The van der Waals surface area contributed by atoms with Gasteiger partial charge in [-0.25, -0.2) is 0 Å². The number of carboxylic acids is 1. The molecule has 0 saturated carbocycles. The molecule has 2 rings (SSSR count).